The lowest BCUT2D eigenvalue weighted by Crippen LogP contribution is -2.49. The standard InChI is InChI=1S/C22H32N2O3/c1-15(16-9-6-5-7-10-16)24-14-18(13-19(24)25)20(17-11-8-12-17)23-21(26)27-22(2,3)4/h5-7,9-10,15,17-18,20H,8,11-14H2,1-4H3,(H,23,26). The van der Waals surface area contributed by atoms with Crippen LogP contribution in [-0.4, -0.2) is 35.1 Å². The van der Waals surface area contributed by atoms with Crippen LogP contribution in [0.1, 0.15) is 65.0 Å². The van der Waals surface area contributed by atoms with Crippen molar-refractivity contribution in [3.63, 3.8) is 0 Å². The van der Waals surface area contributed by atoms with Crippen LogP contribution in [-0.2, 0) is 9.53 Å². The first-order valence-corrected chi connectivity index (χ1v) is 10.1. The molecule has 1 aliphatic heterocycles. The highest BCUT2D eigenvalue weighted by Crippen LogP contribution is 2.38. The van der Waals surface area contributed by atoms with E-state index in [0.29, 0.717) is 18.9 Å². The van der Waals surface area contributed by atoms with Gasteiger partial charge in [-0.3, -0.25) is 4.79 Å². The first-order valence-electron chi connectivity index (χ1n) is 10.1. The summed E-state index contributed by atoms with van der Waals surface area (Å²) >= 11 is 0. The Balaban J connectivity index is 1.69. The molecule has 0 aromatic heterocycles. The highest BCUT2D eigenvalue weighted by molar-refractivity contribution is 5.79. The zero-order chi connectivity index (χ0) is 19.6. The molecular weight excluding hydrogens is 340 g/mol. The third kappa shape index (κ3) is 4.82. The normalized spacial score (nSPS) is 22.9. The molecule has 3 atom stereocenters. The molecule has 5 heteroatoms. The lowest BCUT2D eigenvalue weighted by atomic mass is 9.74. The SMILES string of the molecule is CC(c1ccccc1)N1CC(C(NC(=O)OC(C)(C)C)C2CCC2)CC1=O. The molecule has 148 valence electrons. The molecule has 27 heavy (non-hydrogen) atoms. The first kappa shape index (κ1) is 19.7. The van der Waals surface area contributed by atoms with Crippen LogP contribution in [0.4, 0.5) is 4.79 Å². The maximum Gasteiger partial charge on any atom is 0.407 e. The van der Waals surface area contributed by atoms with Crippen LogP contribution in [0.3, 0.4) is 0 Å². The smallest absolute Gasteiger partial charge is 0.407 e. The molecule has 3 rings (SSSR count). The topological polar surface area (TPSA) is 58.6 Å². The largest absolute Gasteiger partial charge is 0.444 e. The van der Waals surface area contributed by atoms with Gasteiger partial charge in [0.15, 0.2) is 0 Å². The second kappa shape index (κ2) is 7.91. The Morgan fingerprint density at radius 1 is 1.19 bits per heavy atom. The highest BCUT2D eigenvalue weighted by atomic mass is 16.6. The summed E-state index contributed by atoms with van der Waals surface area (Å²) in [5, 5.41) is 3.10. The van der Waals surface area contributed by atoms with Gasteiger partial charge in [0.1, 0.15) is 5.60 Å². The Hall–Kier alpha value is -2.04. The Labute approximate surface area is 162 Å². The fourth-order valence-electron chi connectivity index (χ4n) is 4.15. The molecule has 3 unspecified atom stereocenters. The first-order chi connectivity index (χ1) is 12.7. The van der Waals surface area contributed by atoms with Crippen molar-refractivity contribution < 1.29 is 14.3 Å². The molecule has 2 fully saturated rings. The molecule has 5 nitrogen and oxygen atoms in total. The van der Waals surface area contributed by atoms with Gasteiger partial charge in [0, 0.05) is 24.9 Å². The van der Waals surface area contributed by atoms with Crippen LogP contribution >= 0.6 is 0 Å². The van der Waals surface area contributed by atoms with Crippen LogP contribution in [0.25, 0.3) is 0 Å². The van der Waals surface area contributed by atoms with E-state index < -0.39 is 5.60 Å². The molecule has 0 bridgehead atoms. The van der Waals surface area contributed by atoms with Crippen molar-refractivity contribution in [2.24, 2.45) is 11.8 Å². The van der Waals surface area contributed by atoms with Crippen molar-refractivity contribution in [1.82, 2.24) is 10.2 Å². The van der Waals surface area contributed by atoms with Gasteiger partial charge in [0.2, 0.25) is 5.91 Å². The van der Waals surface area contributed by atoms with Crippen molar-refractivity contribution in [3.8, 4) is 0 Å². The van der Waals surface area contributed by atoms with Gasteiger partial charge in [-0.15, -0.1) is 0 Å². The summed E-state index contributed by atoms with van der Waals surface area (Å²) in [5.74, 6) is 0.760. The summed E-state index contributed by atoms with van der Waals surface area (Å²) in [6.45, 7) is 8.37. The van der Waals surface area contributed by atoms with Gasteiger partial charge in [0.05, 0.1) is 6.04 Å². The van der Waals surface area contributed by atoms with E-state index in [1.807, 2.05) is 43.9 Å². The summed E-state index contributed by atoms with van der Waals surface area (Å²) in [6, 6.07) is 10.2. The number of amides is 2. The minimum atomic E-state index is -0.520. The molecule has 2 amide bonds. The number of ether oxygens (including phenoxy) is 1. The van der Waals surface area contributed by atoms with Crippen LogP contribution < -0.4 is 5.32 Å². The summed E-state index contributed by atoms with van der Waals surface area (Å²) in [6.07, 6.45) is 3.54. The van der Waals surface area contributed by atoms with Gasteiger partial charge in [-0.25, -0.2) is 4.79 Å². The average molecular weight is 373 g/mol. The van der Waals surface area contributed by atoms with E-state index in [4.69, 9.17) is 4.74 Å². The van der Waals surface area contributed by atoms with Crippen LogP contribution in [0.15, 0.2) is 30.3 Å². The van der Waals surface area contributed by atoms with Gasteiger partial charge in [-0.2, -0.15) is 0 Å². The molecule has 1 aromatic rings. The summed E-state index contributed by atoms with van der Waals surface area (Å²) < 4.78 is 5.47. The van der Waals surface area contributed by atoms with E-state index in [-0.39, 0.29) is 30.0 Å². The molecule has 1 saturated heterocycles. The number of rotatable bonds is 5. The maximum absolute atomic E-state index is 12.7. The minimum Gasteiger partial charge on any atom is -0.444 e. The number of nitrogens with one attached hydrogen (secondary N) is 1. The number of alkyl carbamates (subject to hydrolysis) is 1. The van der Waals surface area contributed by atoms with E-state index >= 15 is 0 Å². The molecule has 1 aliphatic carbocycles. The fourth-order valence-corrected chi connectivity index (χ4v) is 4.15. The average Bonchev–Trinajstić information content (AvgIpc) is 2.92. The number of nitrogens with zero attached hydrogens (tertiary/aromatic N) is 1. The molecule has 0 radical (unpaired) electrons. The van der Waals surface area contributed by atoms with Gasteiger partial charge in [-0.1, -0.05) is 36.8 Å². The number of benzene rings is 1. The van der Waals surface area contributed by atoms with Crippen molar-refractivity contribution in [3.05, 3.63) is 35.9 Å². The number of likely N-dealkylation sites (tertiary alicyclic amines) is 1. The van der Waals surface area contributed by atoms with Crippen molar-refractivity contribution in [1.29, 1.82) is 0 Å². The molecule has 1 aromatic carbocycles. The fraction of sp³-hybridized carbons (Fsp3) is 0.636. The zero-order valence-electron chi connectivity index (χ0n) is 16.9. The predicted molar refractivity (Wildman–Crippen MR) is 105 cm³/mol. The van der Waals surface area contributed by atoms with Gasteiger partial charge in [0.25, 0.3) is 0 Å². The third-order valence-electron chi connectivity index (χ3n) is 5.79. The molecular formula is C22H32N2O3. The Morgan fingerprint density at radius 3 is 2.41 bits per heavy atom. The van der Waals surface area contributed by atoms with Crippen molar-refractivity contribution in [2.45, 2.75) is 71.1 Å². The Morgan fingerprint density at radius 2 is 1.85 bits per heavy atom. The minimum absolute atomic E-state index is 0.00511. The van der Waals surface area contributed by atoms with E-state index in [2.05, 4.69) is 24.4 Å². The van der Waals surface area contributed by atoms with Crippen LogP contribution in [0.2, 0.25) is 0 Å². The molecule has 1 N–H and O–H groups in total. The van der Waals surface area contributed by atoms with E-state index in [1.54, 1.807) is 0 Å². The predicted octanol–water partition coefficient (Wildman–Crippen LogP) is 4.29. The Kier molecular flexibility index (Phi) is 5.78. The maximum atomic E-state index is 12.7. The van der Waals surface area contributed by atoms with E-state index in [0.717, 1.165) is 18.4 Å². The molecule has 1 saturated carbocycles. The quantitative estimate of drug-likeness (QED) is 0.839. The van der Waals surface area contributed by atoms with Crippen LogP contribution in [0.5, 0.6) is 0 Å². The highest BCUT2D eigenvalue weighted by Gasteiger charge is 2.42. The van der Waals surface area contributed by atoms with Crippen LogP contribution in [0, 0.1) is 11.8 Å². The van der Waals surface area contributed by atoms with Gasteiger partial charge >= 0.3 is 6.09 Å². The molecule has 0 spiro atoms. The summed E-state index contributed by atoms with van der Waals surface area (Å²) in [7, 11) is 0. The number of carbonyl (C=O) groups is 2. The number of carbonyl (C=O) groups excluding carboxylic acids is 2. The number of hydrogen-bond acceptors (Lipinski definition) is 3. The van der Waals surface area contributed by atoms with Gasteiger partial charge < -0.3 is 15.0 Å². The van der Waals surface area contributed by atoms with E-state index in [1.165, 1.54) is 6.42 Å². The van der Waals surface area contributed by atoms with Gasteiger partial charge in [-0.05, 0) is 52.0 Å². The van der Waals surface area contributed by atoms with E-state index in [9.17, 15) is 9.59 Å². The van der Waals surface area contributed by atoms with Crippen molar-refractivity contribution in [2.75, 3.05) is 6.54 Å². The second-order valence-electron chi connectivity index (χ2n) is 8.96. The third-order valence-corrected chi connectivity index (χ3v) is 5.79. The molecule has 2 aliphatic rings. The van der Waals surface area contributed by atoms with Crippen molar-refractivity contribution >= 4 is 12.0 Å². The monoisotopic (exact) mass is 372 g/mol. The summed E-state index contributed by atoms with van der Waals surface area (Å²) in [5.41, 5.74) is 0.625. The lowest BCUT2D eigenvalue weighted by Gasteiger charge is -2.38. The lowest BCUT2D eigenvalue weighted by molar-refractivity contribution is -0.129. The molecule has 1 heterocycles. The second-order valence-corrected chi connectivity index (χ2v) is 8.96. The number of hydrogen-bond donors (Lipinski definition) is 1. The summed E-state index contributed by atoms with van der Waals surface area (Å²) in [4.78, 5) is 27.0. The Bertz CT molecular complexity index is 664. The zero-order valence-corrected chi connectivity index (χ0v) is 16.9.